The Kier molecular flexibility index (Phi) is 4.69. The van der Waals surface area contributed by atoms with Crippen LogP contribution in [-0.4, -0.2) is 34.9 Å². The van der Waals surface area contributed by atoms with Gasteiger partial charge in [0, 0.05) is 42.1 Å². The second-order valence-corrected chi connectivity index (χ2v) is 8.73. The van der Waals surface area contributed by atoms with E-state index >= 15 is 0 Å². The smallest absolute Gasteiger partial charge is 0.234 e. The zero-order valence-corrected chi connectivity index (χ0v) is 16.1. The third-order valence-electron chi connectivity index (χ3n) is 6.33. The van der Waals surface area contributed by atoms with Crippen molar-refractivity contribution in [2.45, 2.75) is 45.1 Å². The highest BCUT2D eigenvalue weighted by Gasteiger charge is 2.41. The minimum atomic E-state index is -0.686. The van der Waals surface area contributed by atoms with Crippen molar-refractivity contribution in [3.05, 3.63) is 35.5 Å². The van der Waals surface area contributed by atoms with E-state index in [9.17, 15) is 10.1 Å². The summed E-state index contributed by atoms with van der Waals surface area (Å²) in [6, 6.07) is 9.15. The van der Waals surface area contributed by atoms with Gasteiger partial charge in [-0.05, 0) is 48.3 Å². The first-order chi connectivity index (χ1) is 13.0. The maximum atomic E-state index is 11.6. The second-order valence-electron chi connectivity index (χ2n) is 8.73. The summed E-state index contributed by atoms with van der Waals surface area (Å²) >= 11 is 0. The molecule has 0 spiro atoms. The van der Waals surface area contributed by atoms with E-state index in [0.29, 0.717) is 30.2 Å². The monoisotopic (exact) mass is 364 g/mol. The van der Waals surface area contributed by atoms with E-state index in [0.717, 1.165) is 25.9 Å². The first-order valence-electron chi connectivity index (χ1n) is 9.99. The number of H-pyrrole nitrogens is 1. The van der Waals surface area contributed by atoms with Crippen LogP contribution in [0.15, 0.2) is 24.4 Å². The first-order valence-corrected chi connectivity index (χ1v) is 9.99. The zero-order chi connectivity index (χ0) is 19.1. The molecule has 1 saturated heterocycles. The van der Waals surface area contributed by atoms with Gasteiger partial charge in [-0.2, -0.15) is 5.26 Å². The van der Waals surface area contributed by atoms with E-state index in [1.165, 1.54) is 22.0 Å². The molecule has 27 heavy (non-hydrogen) atoms. The number of piperidine rings is 1. The molecule has 0 bridgehead atoms. The summed E-state index contributed by atoms with van der Waals surface area (Å²) in [5.74, 6) is 0.165. The van der Waals surface area contributed by atoms with Gasteiger partial charge in [0.15, 0.2) is 0 Å². The van der Waals surface area contributed by atoms with Crippen LogP contribution in [-0.2, 0) is 11.2 Å². The summed E-state index contributed by atoms with van der Waals surface area (Å²) < 4.78 is 0. The van der Waals surface area contributed by atoms with E-state index in [1.54, 1.807) is 0 Å². The number of aromatic amines is 1. The summed E-state index contributed by atoms with van der Waals surface area (Å²) in [4.78, 5) is 17.6. The molecule has 142 valence electrons. The van der Waals surface area contributed by atoms with Crippen molar-refractivity contribution in [2.75, 3.05) is 13.1 Å². The molecule has 1 aliphatic carbocycles. The second kappa shape index (κ2) is 7.01. The van der Waals surface area contributed by atoms with Crippen molar-refractivity contribution >= 4 is 16.8 Å². The number of nitriles is 1. The molecular weight excluding hydrogens is 336 g/mol. The summed E-state index contributed by atoms with van der Waals surface area (Å²) in [6.45, 7) is 6.50. The van der Waals surface area contributed by atoms with E-state index in [2.05, 4.69) is 54.2 Å². The molecule has 2 unspecified atom stereocenters. The minimum Gasteiger partial charge on any atom is -0.369 e. The quantitative estimate of drug-likeness (QED) is 0.854. The molecule has 0 radical (unpaired) electrons. The lowest BCUT2D eigenvalue weighted by Gasteiger charge is -2.48. The van der Waals surface area contributed by atoms with E-state index in [-0.39, 0.29) is 0 Å². The van der Waals surface area contributed by atoms with Crippen molar-refractivity contribution in [1.29, 1.82) is 5.26 Å². The lowest BCUT2D eigenvalue weighted by Crippen LogP contribution is -2.51. The van der Waals surface area contributed by atoms with Crippen molar-refractivity contribution in [3.63, 3.8) is 0 Å². The average molecular weight is 364 g/mol. The summed E-state index contributed by atoms with van der Waals surface area (Å²) in [6.07, 6.45) is 4.83. The molecule has 1 aromatic carbocycles. The number of likely N-dealkylation sites (tertiary alicyclic amines) is 1. The molecule has 2 aliphatic rings. The van der Waals surface area contributed by atoms with Crippen LogP contribution < -0.4 is 5.73 Å². The van der Waals surface area contributed by atoms with Gasteiger partial charge < -0.3 is 10.7 Å². The number of benzene rings is 1. The standard InChI is InChI=1S/C22H28N4O/c1-13(2)11-26-12-14(6-15(9-23)22(24)27)7-18-17-4-3-5-19-21(17)16(10-25-19)8-20(18)26/h3-5,10,13-15,18,20,25H,6-8,11-12H2,1-2H3,(H2,24,27)/t14-,15?,18?,20-/m1/s1. The molecular formula is C22H28N4O. The van der Waals surface area contributed by atoms with Crippen LogP contribution in [0.1, 0.15) is 43.7 Å². The van der Waals surface area contributed by atoms with E-state index < -0.39 is 11.8 Å². The summed E-state index contributed by atoms with van der Waals surface area (Å²) in [5.41, 5.74) is 9.50. The fourth-order valence-electron chi connectivity index (χ4n) is 5.31. The normalized spacial score (nSPS) is 25.9. The first kappa shape index (κ1) is 18.1. The Morgan fingerprint density at radius 1 is 1.44 bits per heavy atom. The Morgan fingerprint density at radius 3 is 2.96 bits per heavy atom. The minimum absolute atomic E-state index is 0.317. The van der Waals surface area contributed by atoms with Gasteiger partial charge in [-0.25, -0.2) is 0 Å². The Morgan fingerprint density at radius 2 is 2.26 bits per heavy atom. The summed E-state index contributed by atoms with van der Waals surface area (Å²) in [5, 5.41) is 10.7. The number of hydrogen-bond donors (Lipinski definition) is 2. The molecule has 2 aromatic rings. The van der Waals surface area contributed by atoms with Crippen molar-refractivity contribution in [3.8, 4) is 6.07 Å². The van der Waals surface area contributed by atoms with Gasteiger partial charge in [-0.1, -0.05) is 26.0 Å². The Balaban J connectivity index is 1.69. The predicted molar refractivity (Wildman–Crippen MR) is 106 cm³/mol. The number of aromatic nitrogens is 1. The van der Waals surface area contributed by atoms with Crippen LogP contribution in [0.4, 0.5) is 0 Å². The maximum Gasteiger partial charge on any atom is 0.234 e. The van der Waals surface area contributed by atoms with E-state index in [1.807, 2.05) is 0 Å². The number of amides is 1. The maximum absolute atomic E-state index is 11.6. The molecule has 5 heteroatoms. The van der Waals surface area contributed by atoms with Gasteiger partial charge in [-0.3, -0.25) is 9.69 Å². The molecule has 1 amide bonds. The number of carbonyl (C=O) groups excluding carboxylic acids is 1. The molecule has 2 heterocycles. The number of rotatable bonds is 5. The molecule has 1 aromatic heterocycles. The lowest BCUT2D eigenvalue weighted by molar-refractivity contribution is -0.120. The predicted octanol–water partition coefficient (Wildman–Crippen LogP) is 3.17. The summed E-state index contributed by atoms with van der Waals surface area (Å²) in [7, 11) is 0. The van der Waals surface area contributed by atoms with Gasteiger partial charge in [-0.15, -0.1) is 0 Å². The number of nitrogens with two attached hydrogens (primary N) is 1. The number of hydrogen-bond acceptors (Lipinski definition) is 3. The number of nitrogens with zero attached hydrogens (tertiary/aromatic N) is 2. The van der Waals surface area contributed by atoms with Crippen LogP contribution in [0.5, 0.6) is 0 Å². The largest absolute Gasteiger partial charge is 0.369 e. The van der Waals surface area contributed by atoms with Gasteiger partial charge in [0.1, 0.15) is 5.92 Å². The van der Waals surface area contributed by atoms with Gasteiger partial charge in [0.25, 0.3) is 0 Å². The van der Waals surface area contributed by atoms with Gasteiger partial charge in [0.2, 0.25) is 5.91 Å². The zero-order valence-electron chi connectivity index (χ0n) is 16.1. The Hall–Kier alpha value is -2.32. The van der Waals surface area contributed by atoms with Crippen LogP contribution in [0.2, 0.25) is 0 Å². The Bertz CT molecular complexity index is 893. The number of primary amides is 1. The third kappa shape index (κ3) is 3.23. The Labute approximate surface area is 160 Å². The van der Waals surface area contributed by atoms with Gasteiger partial charge >= 0.3 is 0 Å². The molecule has 0 saturated carbocycles. The molecule has 5 nitrogen and oxygen atoms in total. The molecule has 4 atom stereocenters. The van der Waals surface area contributed by atoms with Crippen molar-refractivity contribution in [1.82, 2.24) is 9.88 Å². The van der Waals surface area contributed by atoms with E-state index in [4.69, 9.17) is 5.73 Å². The fraction of sp³-hybridized carbons (Fsp3) is 0.545. The van der Waals surface area contributed by atoms with Crippen molar-refractivity contribution < 1.29 is 4.79 Å². The van der Waals surface area contributed by atoms with Crippen molar-refractivity contribution in [2.24, 2.45) is 23.5 Å². The fourth-order valence-corrected chi connectivity index (χ4v) is 5.31. The molecule has 1 fully saturated rings. The van der Waals surface area contributed by atoms with Gasteiger partial charge in [0.05, 0.1) is 6.07 Å². The number of nitrogens with one attached hydrogen (secondary N) is 1. The van der Waals surface area contributed by atoms with Crippen LogP contribution in [0.25, 0.3) is 10.9 Å². The van der Waals surface area contributed by atoms with Crippen LogP contribution in [0, 0.1) is 29.1 Å². The average Bonchev–Trinajstić information content (AvgIpc) is 3.04. The molecule has 1 aliphatic heterocycles. The highest BCUT2D eigenvalue weighted by molar-refractivity contribution is 5.88. The molecule has 4 rings (SSSR count). The number of carbonyl (C=O) groups is 1. The highest BCUT2D eigenvalue weighted by Crippen LogP contribution is 2.45. The third-order valence-corrected chi connectivity index (χ3v) is 6.33. The van der Waals surface area contributed by atoms with Crippen LogP contribution >= 0.6 is 0 Å². The SMILES string of the molecule is CC(C)CN1C[C@H](CC(C#N)C(N)=O)CC2c3cccc4[nH]cc(c34)C[C@H]21. The number of fused-ring (bicyclic) bond motifs is 2. The lowest BCUT2D eigenvalue weighted by atomic mass is 9.70. The highest BCUT2D eigenvalue weighted by atomic mass is 16.1. The van der Waals surface area contributed by atoms with Crippen LogP contribution in [0.3, 0.4) is 0 Å². The topological polar surface area (TPSA) is 85.9 Å². The molecule has 3 N–H and O–H groups in total.